The van der Waals surface area contributed by atoms with Crippen molar-refractivity contribution in [3.8, 4) is 5.75 Å². The molecular formula is C15H22ClNO. The van der Waals surface area contributed by atoms with Gasteiger partial charge in [-0.15, -0.1) is 0 Å². The predicted molar refractivity (Wildman–Crippen MR) is 76.5 cm³/mol. The van der Waals surface area contributed by atoms with Crippen LogP contribution in [-0.2, 0) is 0 Å². The average Bonchev–Trinajstić information content (AvgIpc) is 2.37. The Balaban J connectivity index is 2.08. The van der Waals surface area contributed by atoms with E-state index in [9.17, 15) is 0 Å². The summed E-state index contributed by atoms with van der Waals surface area (Å²) in [4.78, 5) is 0. The third-order valence-corrected chi connectivity index (χ3v) is 4.92. The summed E-state index contributed by atoms with van der Waals surface area (Å²) in [5, 5.41) is 4.17. The molecule has 0 bridgehead atoms. The second-order valence-corrected chi connectivity index (χ2v) is 5.86. The molecule has 1 saturated carbocycles. The Labute approximate surface area is 115 Å². The van der Waals surface area contributed by atoms with E-state index in [1.165, 1.54) is 0 Å². The number of benzene rings is 1. The molecule has 0 amide bonds. The van der Waals surface area contributed by atoms with E-state index in [-0.39, 0.29) is 5.41 Å². The lowest BCUT2D eigenvalue weighted by Gasteiger charge is -2.53. The van der Waals surface area contributed by atoms with E-state index in [0.717, 1.165) is 29.2 Å². The van der Waals surface area contributed by atoms with Crippen LogP contribution in [0, 0.1) is 12.3 Å². The van der Waals surface area contributed by atoms with E-state index in [4.69, 9.17) is 16.3 Å². The molecule has 1 aromatic rings. The normalized spacial score (nSPS) is 30.9. The second-order valence-electron chi connectivity index (χ2n) is 5.45. The summed E-state index contributed by atoms with van der Waals surface area (Å²) < 4.78 is 6.13. The third kappa shape index (κ3) is 2.24. The second kappa shape index (κ2) is 5.10. The molecule has 1 aromatic carbocycles. The van der Waals surface area contributed by atoms with Crippen LogP contribution in [0.4, 0.5) is 0 Å². The summed E-state index contributed by atoms with van der Waals surface area (Å²) in [7, 11) is 2.03. The summed E-state index contributed by atoms with van der Waals surface area (Å²) in [6.45, 7) is 6.53. The molecule has 3 unspecified atom stereocenters. The minimum atomic E-state index is 0.224. The molecule has 0 saturated heterocycles. The Morgan fingerprint density at radius 3 is 2.78 bits per heavy atom. The summed E-state index contributed by atoms with van der Waals surface area (Å²) >= 11 is 6.03. The van der Waals surface area contributed by atoms with Crippen LogP contribution in [0.15, 0.2) is 18.2 Å². The van der Waals surface area contributed by atoms with Crippen molar-refractivity contribution in [3.05, 3.63) is 28.8 Å². The number of nitrogens with one attached hydrogen (secondary N) is 1. The lowest BCUT2D eigenvalue weighted by molar-refractivity contribution is -0.0677. The van der Waals surface area contributed by atoms with Gasteiger partial charge in [0.25, 0.3) is 0 Å². The lowest BCUT2D eigenvalue weighted by Crippen LogP contribution is -2.62. The van der Waals surface area contributed by atoms with Gasteiger partial charge in [0, 0.05) is 22.9 Å². The van der Waals surface area contributed by atoms with Gasteiger partial charge in [-0.1, -0.05) is 25.4 Å². The minimum Gasteiger partial charge on any atom is -0.490 e. The van der Waals surface area contributed by atoms with Gasteiger partial charge in [0.1, 0.15) is 11.9 Å². The Morgan fingerprint density at radius 1 is 1.50 bits per heavy atom. The zero-order chi connectivity index (χ0) is 13.3. The van der Waals surface area contributed by atoms with Gasteiger partial charge < -0.3 is 10.1 Å². The van der Waals surface area contributed by atoms with Crippen molar-refractivity contribution < 1.29 is 4.74 Å². The van der Waals surface area contributed by atoms with E-state index in [0.29, 0.717) is 12.1 Å². The van der Waals surface area contributed by atoms with Crippen molar-refractivity contribution in [2.75, 3.05) is 7.05 Å². The van der Waals surface area contributed by atoms with Crippen LogP contribution in [-0.4, -0.2) is 19.2 Å². The van der Waals surface area contributed by atoms with Gasteiger partial charge in [-0.05, 0) is 44.2 Å². The zero-order valence-corrected chi connectivity index (χ0v) is 12.3. The van der Waals surface area contributed by atoms with E-state index in [1.807, 2.05) is 32.2 Å². The Hall–Kier alpha value is -0.730. The highest BCUT2D eigenvalue weighted by Crippen LogP contribution is 2.46. The van der Waals surface area contributed by atoms with E-state index in [2.05, 4.69) is 19.2 Å². The van der Waals surface area contributed by atoms with Crippen molar-refractivity contribution in [1.82, 2.24) is 5.32 Å². The molecule has 3 heteroatoms. The van der Waals surface area contributed by atoms with Crippen molar-refractivity contribution in [3.63, 3.8) is 0 Å². The van der Waals surface area contributed by atoms with Crippen LogP contribution in [0.1, 0.15) is 32.3 Å². The Bertz CT molecular complexity index is 435. The lowest BCUT2D eigenvalue weighted by atomic mass is 9.61. The molecular weight excluding hydrogens is 246 g/mol. The van der Waals surface area contributed by atoms with Gasteiger partial charge in [0.05, 0.1) is 0 Å². The number of rotatable bonds is 4. The van der Waals surface area contributed by atoms with Crippen LogP contribution in [0.3, 0.4) is 0 Å². The maximum absolute atomic E-state index is 6.13. The fraction of sp³-hybridized carbons (Fsp3) is 0.600. The first-order valence-electron chi connectivity index (χ1n) is 6.61. The summed E-state index contributed by atoms with van der Waals surface area (Å²) in [6.07, 6.45) is 2.48. The smallest absolute Gasteiger partial charge is 0.120 e. The molecule has 0 aliphatic heterocycles. The van der Waals surface area contributed by atoms with Crippen molar-refractivity contribution in [2.24, 2.45) is 5.41 Å². The molecule has 2 rings (SSSR count). The molecule has 1 aliphatic carbocycles. The summed E-state index contributed by atoms with van der Waals surface area (Å²) in [6, 6.07) is 6.44. The fourth-order valence-electron chi connectivity index (χ4n) is 2.78. The van der Waals surface area contributed by atoms with Gasteiger partial charge in [-0.25, -0.2) is 0 Å². The Morgan fingerprint density at radius 2 is 2.22 bits per heavy atom. The van der Waals surface area contributed by atoms with Crippen LogP contribution >= 0.6 is 11.6 Å². The van der Waals surface area contributed by atoms with Crippen molar-refractivity contribution >= 4 is 11.6 Å². The largest absolute Gasteiger partial charge is 0.490 e. The van der Waals surface area contributed by atoms with Gasteiger partial charge >= 0.3 is 0 Å². The van der Waals surface area contributed by atoms with Gasteiger partial charge in [0.15, 0.2) is 0 Å². The van der Waals surface area contributed by atoms with Crippen LogP contribution in [0.25, 0.3) is 0 Å². The maximum atomic E-state index is 6.13. The molecule has 0 aromatic heterocycles. The fourth-order valence-corrected chi connectivity index (χ4v) is 2.89. The topological polar surface area (TPSA) is 21.3 Å². The molecule has 1 fully saturated rings. The Kier molecular flexibility index (Phi) is 3.88. The van der Waals surface area contributed by atoms with E-state index < -0.39 is 0 Å². The molecule has 18 heavy (non-hydrogen) atoms. The average molecular weight is 268 g/mol. The zero-order valence-electron chi connectivity index (χ0n) is 11.6. The molecule has 1 aliphatic rings. The number of halogens is 1. The van der Waals surface area contributed by atoms with Gasteiger partial charge in [-0.3, -0.25) is 0 Å². The number of ether oxygens (including phenoxy) is 1. The highest BCUT2D eigenvalue weighted by Gasteiger charge is 2.51. The van der Waals surface area contributed by atoms with Crippen LogP contribution < -0.4 is 10.1 Å². The first kappa shape index (κ1) is 13.7. The number of hydrogen-bond acceptors (Lipinski definition) is 2. The summed E-state index contributed by atoms with van der Waals surface area (Å²) in [5.74, 6) is 0.927. The SMILES string of the molecule is CCC1(C)C(NC)CC1Oc1ccc(Cl)c(C)c1. The van der Waals surface area contributed by atoms with Crippen molar-refractivity contribution in [2.45, 2.75) is 45.8 Å². The quantitative estimate of drug-likeness (QED) is 0.896. The highest BCUT2D eigenvalue weighted by atomic mass is 35.5. The molecule has 3 atom stereocenters. The molecule has 100 valence electrons. The predicted octanol–water partition coefficient (Wildman–Crippen LogP) is 3.80. The third-order valence-electron chi connectivity index (χ3n) is 4.50. The van der Waals surface area contributed by atoms with Gasteiger partial charge in [0.2, 0.25) is 0 Å². The van der Waals surface area contributed by atoms with Crippen molar-refractivity contribution in [1.29, 1.82) is 0 Å². The molecule has 0 radical (unpaired) electrons. The van der Waals surface area contributed by atoms with Crippen LogP contribution in [0.5, 0.6) is 5.75 Å². The number of aryl methyl sites for hydroxylation is 1. The first-order chi connectivity index (χ1) is 8.51. The number of hydrogen-bond donors (Lipinski definition) is 1. The van der Waals surface area contributed by atoms with Crippen LogP contribution in [0.2, 0.25) is 5.02 Å². The molecule has 0 spiro atoms. The highest BCUT2D eigenvalue weighted by molar-refractivity contribution is 6.31. The van der Waals surface area contributed by atoms with Gasteiger partial charge in [-0.2, -0.15) is 0 Å². The standard InChI is InChI=1S/C15H22ClNO/c1-5-15(3)13(17-4)9-14(15)18-11-6-7-12(16)10(2)8-11/h6-8,13-14,17H,5,9H2,1-4H3. The summed E-state index contributed by atoms with van der Waals surface area (Å²) in [5.41, 5.74) is 1.29. The van der Waals surface area contributed by atoms with E-state index in [1.54, 1.807) is 0 Å². The van der Waals surface area contributed by atoms with E-state index >= 15 is 0 Å². The minimum absolute atomic E-state index is 0.224. The maximum Gasteiger partial charge on any atom is 0.120 e. The molecule has 2 nitrogen and oxygen atoms in total. The molecule has 0 heterocycles. The molecule has 1 N–H and O–H groups in total. The monoisotopic (exact) mass is 267 g/mol. The first-order valence-corrected chi connectivity index (χ1v) is 6.99.